The molecule has 0 aliphatic carbocycles. The number of amides is 2. The number of hydrogen-bond donors (Lipinski definition) is 0. The first-order chi connectivity index (χ1) is 16.2. The van der Waals surface area contributed by atoms with Gasteiger partial charge in [0.1, 0.15) is 18.9 Å². The third-order valence-electron chi connectivity index (χ3n) is 6.70. The van der Waals surface area contributed by atoms with E-state index in [1.165, 1.54) is 16.0 Å². The topological polar surface area (TPSA) is 49.9 Å². The number of carbonyl (C=O) groups is 2. The minimum atomic E-state index is -0.147. The van der Waals surface area contributed by atoms with Crippen molar-refractivity contribution in [3.8, 4) is 5.75 Å². The molecule has 2 atom stereocenters. The van der Waals surface area contributed by atoms with Crippen LogP contribution in [0.3, 0.4) is 0 Å². The van der Waals surface area contributed by atoms with Crippen LogP contribution in [0.1, 0.15) is 82.3 Å². The quantitative estimate of drug-likeness (QED) is 0.412. The number of nitrogens with zero attached hydrogens (tertiary/aromatic N) is 2. The maximum absolute atomic E-state index is 13.6. The molecule has 34 heavy (non-hydrogen) atoms. The number of rotatable bonds is 10. The first-order valence-corrected chi connectivity index (χ1v) is 13.5. The predicted molar refractivity (Wildman–Crippen MR) is 139 cm³/mol. The second-order valence-corrected chi connectivity index (χ2v) is 11.1. The van der Waals surface area contributed by atoms with Crippen molar-refractivity contribution in [1.29, 1.82) is 0 Å². The van der Waals surface area contributed by atoms with Crippen molar-refractivity contribution in [1.82, 2.24) is 9.80 Å². The van der Waals surface area contributed by atoms with Gasteiger partial charge in [-0.25, -0.2) is 0 Å². The lowest BCUT2D eigenvalue weighted by atomic mass is 10.00. The minimum Gasteiger partial charge on any atom is -0.491 e. The number of ether oxygens (including phenoxy) is 1. The molecular weight excluding hydrogens is 444 g/mol. The van der Waals surface area contributed by atoms with Gasteiger partial charge in [0.25, 0.3) is 0 Å². The molecule has 0 spiro atoms. The number of fused-ring (bicyclic) bond motifs is 1. The van der Waals surface area contributed by atoms with E-state index in [1.807, 2.05) is 37.8 Å². The van der Waals surface area contributed by atoms with Crippen LogP contribution in [-0.2, 0) is 16.0 Å². The Balaban J connectivity index is 1.76. The van der Waals surface area contributed by atoms with Crippen molar-refractivity contribution in [2.75, 3.05) is 19.7 Å². The fourth-order valence-corrected chi connectivity index (χ4v) is 5.34. The van der Waals surface area contributed by atoms with Gasteiger partial charge in [0.15, 0.2) is 0 Å². The number of thiophene rings is 1. The maximum atomic E-state index is 13.6. The van der Waals surface area contributed by atoms with Gasteiger partial charge in [0.2, 0.25) is 11.8 Å². The molecule has 186 valence electrons. The fraction of sp³-hybridized carbons (Fsp3) is 0.571. The van der Waals surface area contributed by atoms with Crippen LogP contribution in [0, 0.1) is 5.92 Å². The number of carbonyl (C=O) groups excluding carboxylic acids is 2. The van der Waals surface area contributed by atoms with Gasteiger partial charge in [-0.1, -0.05) is 46.8 Å². The summed E-state index contributed by atoms with van der Waals surface area (Å²) in [6.45, 7) is 13.7. The molecule has 2 amide bonds. The summed E-state index contributed by atoms with van der Waals surface area (Å²) in [5.41, 5.74) is 2.45. The lowest BCUT2D eigenvalue weighted by Crippen LogP contribution is -2.50. The van der Waals surface area contributed by atoms with E-state index in [2.05, 4.69) is 44.4 Å². The van der Waals surface area contributed by atoms with Gasteiger partial charge in [-0.15, -0.1) is 11.3 Å². The molecule has 2 aromatic rings. The first kappa shape index (κ1) is 26.3. The molecule has 6 heteroatoms. The van der Waals surface area contributed by atoms with Crippen LogP contribution in [0.2, 0.25) is 0 Å². The second-order valence-electron chi connectivity index (χ2n) is 10.1. The molecule has 1 aliphatic rings. The van der Waals surface area contributed by atoms with Gasteiger partial charge in [0.05, 0.1) is 6.04 Å². The van der Waals surface area contributed by atoms with Gasteiger partial charge >= 0.3 is 0 Å². The normalized spacial score (nSPS) is 16.5. The monoisotopic (exact) mass is 484 g/mol. The average molecular weight is 485 g/mol. The molecule has 5 nitrogen and oxygen atoms in total. The van der Waals surface area contributed by atoms with E-state index in [4.69, 9.17) is 4.74 Å². The van der Waals surface area contributed by atoms with E-state index in [9.17, 15) is 9.59 Å². The highest BCUT2D eigenvalue weighted by Gasteiger charge is 2.34. The summed E-state index contributed by atoms with van der Waals surface area (Å²) in [7, 11) is 0. The van der Waals surface area contributed by atoms with Gasteiger partial charge in [-0.2, -0.15) is 0 Å². The van der Waals surface area contributed by atoms with Crippen molar-refractivity contribution in [2.24, 2.45) is 5.92 Å². The van der Waals surface area contributed by atoms with Crippen molar-refractivity contribution < 1.29 is 14.3 Å². The molecule has 3 rings (SSSR count). The zero-order valence-electron chi connectivity index (χ0n) is 21.5. The largest absolute Gasteiger partial charge is 0.491 e. The van der Waals surface area contributed by atoms with E-state index < -0.39 is 0 Å². The summed E-state index contributed by atoms with van der Waals surface area (Å²) in [5, 5.41) is 2.10. The summed E-state index contributed by atoms with van der Waals surface area (Å²) in [6, 6.07) is 10.2. The smallest absolute Gasteiger partial charge is 0.242 e. The lowest BCUT2D eigenvalue weighted by molar-refractivity contribution is -0.144. The Bertz CT molecular complexity index is 951. The van der Waals surface area contributed by atoms with Gasteiger partial charge in [-0.3, -0.25) is 9.59 Å². The molecule has 0 saturated heterocycles. The summed E-state index contributed by atoms with van der Waals surface area (Å²) in [4.78, 5) is 31.5. The molecular formula is C28H40N2O3S. The Labute approximate surface area is 209 Å². The molecule has 0 N–H and O–H groups in total. The second kappa shape index (κ2) is 11.9. The van der Waals surface area contributed by atoms with Crippen LogP contribution in [0.25, 0.3) is 0 Å². The lowest BCUT2D eigenvalue weighted by Gasteiger charge is -2.38. The molecule has 0 bridgehead atoms. The molecule has 0 unspecified atom stereocenters. The molecule has 0 saturated carbocycles. The van der Waals surface area contributed by atoms with Gasteiger partial charge < -0.3 is 14.5 Å². The Hall–Kier alpha value is -2.34. The summed E-state index contributed by atoms with van der Waals surface area (Å²) >= 11 is 1.75. The van der Waals surface area contributed by atoms with Crippen LogP contribution in [0.5, 0.6) is 5.75 Å². The van der Waals surface area contributed by atoms with Crippen molar-refractivity contribution in [3.05, 3.63) is 51.7 Å². The highest BCUT2D eigenvalue weighted by Crippen LogP contribution is 2.34. The zero-order chi connectivity index (χ0) is 24.8. The highest BCUT2D eigenvalue weighted by atomic mass is 32.1. The van der Waals surface area contributed by atoms with E-state index in [-0.39, 0.29) is 36.4 Å². The Morgan fingerprint density at radius 2 is 1.82 bits per heavy atom. The first-order valence-electron chi connectivity index (χ1n) is 12.6. The molecule has 1 aliphatic heterocycles. The van der Waals surface area contributed by atoms with Crippen molar-refractivity contribution >= 4 is 23.2 Å². The Morgan fingerprint density at radius 1 is 1.12 bits per heavy atom. The van der Waals surface area contributed by atoms with Gasteiger partial charge in [-0.05, 0) is 66.3 Å². The summed E-state index contributed by atoms with van der Waals surface area (Å²) in [6.07, 6.45) is 2.14. The van der Waals surface area contributed by atoms with Crippen LogP contribution in [-0.4, -0.2) is 47.4 Å². The van der Waals surface area contributed by atoms with E-state index in [0.29, 0.717) is 25.5 Å². The predicted octanol–water partition coefficient (Wildman–Crippen LogP) is 6.05. The Morgan fingerprint density at radius 3 is 2.44 bits per heavy atom. The van der Waals surface area contributed by atoms with Gasteiger partial charge in [0, 0.05) is 23.9 Å². The van der Waals surface area contributed by atoms with Crippen LogP contribution in [0.15, 0.2) is 35.7 Å². The van der Waals surface area contributed by atoms with Crippen LogP contribution >= 0.6 is 11.3 Å². The minimum absolute atomic E-state index is 0.00184. The van der Waals surface area contributed by atoms with E-state index >= 15 is 0 Å². The Kier molecular flexibility index (Phi) is 9.17. The van der Waals surface area contributed by atoms with Crippen molar-refractivity contribution in [2.45, 2.75) is 78.8 Å². The molecule has 0 radical (unpaired) electrons. The van der Waals surface area contributed by atoms with Crippen molar-refractivity contribution in [3.63, 3.8) is 0 Å². The summed E-state index contributed by atoms with van der Waals surface area (Å²) < 4.78 is 6.19. The molecule has 1 aromatic heterocycles. The highest BCUT2D eigenvalue weighted by molar-refractivity contribution is 7.10. The molecule has 0 fully saturated rings. The third-order valence-corrected chi connectivity index (χ3v) is 7.70. The van der Waals surface area contributed by atoms with E-state index in [1.54, 1.807) is 16.2 Å². The summed E-state index contributed by atoms with van der Waals surface area (Å²) in [5.74, 6) is 1.61. The number of benzene rings is 1. The average Bonchev–Trinajstić information content (AvgIpc) is 3.29. The third kappa shape index (κ3) is 6.41. The van der Waals surface area contributed by atoms with Crippen LogP contribution in [0.4, 0.5) is 0 Å². The standard InChI is InChI=1S/C28H40N2O3S/c1-7-21(6)30(27(31)16-19(2)3)17-28(32)29-14-12-26-24(13-15-34-26)25(29)18-33-23-10-8-22(9-11-23)20(4)5/h8-11,13,15,19-21,25H,7,12,14,16-18H2,1-6H3/t21-,25+/m0/s1. The van der Waals surface area contributed by atoms with E-state index in [0.717, 1.165) is 18.6 Å². The van der Waals surface area contributed by atoms with Crippen LogP contribution < -0.4 is 4.74 Å². The SMILES string of the molecule is CC[C@H](C)N(CC(=O)N1CCc2sccc2[C@H]1COc1ccc(C(C)C)cc1)C(=O)CC(C)C. The molecule has 2 heterocycles. The molecule has 1 aromatic carbocycles. The fourth-order valence-electron chi connectivity index (χ4n) is 4.41. The number of hydrogen-bond acceptors (Lipinski definition) is 4. The zero-order valence-corrected chi connectivity index (χ0v) is 22.4. The maximum Gasteiger partial charge on any atom is 0.242 e.